The molecule has 0 bridgehead atoms. The number of anilines is 1. The summed E-state index contributed by atoms with van der Waals surface area (Å²) in [6.07, 6.45) is 0. The molecule has 0 aliphatic heterocycles. The summed E-state index contributed by atoms with van der Waals surface area (Å²) in [5.74, 6) is 0.305. The Labute approximate surface area is 119 Å². The van der Waals surface area contributed by atoms with Crippen LogP contribution in [0.4, 0.5) is 5.69 Å². The molecule has 2 amide bonds. The summed E-state index contributed by atoms with van der Waals surface area (Å²) in [4.78, 5) is 23.8. The number of amides is 2. The molecule has 110 valence electrons. The third-order valence-electron chi connectivity index (χ3n) is 2.78. The number of methoxy groups -OCH3 is 1. The second kappa shape index (κ2) is 6.41. The van der Waals surface area contributed by atoms with Crippen molar-refractivity contribution >= 4 is 17.5 Å². The molecule has 0 fully saturated rings. The summed E-state index contributed by atoms with van der Waals surface area (Å²) in [6, 6.07) is 6.41. The van der Waals surface area contributed by atoms with Gasteiger partial charge in [-0.2, -0.15) is 0 Å². The third kappa shape index (κ3) is 4.57. The Morgan fingerprint density at radius 1 is 1.15 bits per heavy atom. The van der Waals surface area contributed by atoms with Crippen molar-refractivity contribution in [2.75, 3.05) is 12.4 Å². The molecule has 1 aromatic carbocycles. The lowest BCUT2D eigenvalue weighted by molar-refractivity contribution is -0.131. The van der Waals surface area contributed by atoms with E-state index in [9.17, 15) is 9.59 Å². The molecule has 5 heteroatoms. The summed E-state index contributed by atoms with van der Waals surface area (Å²) < 4.78 is 5.04. The molecule has 2 N–H and O–H groups in total. The molecule has 0 saturated heterocycles. The van der Waals surface area contributed by atoms with Gasteiger partial charge < -0.3 is 15.4 Å². The van der Waals surface area contributed by atoms with Crippen molar-refractivity contribution in [1.29, 1.82) is 0 Å². The zero-order valence-electron chi connectivity index (χ0n) is 12.6. The molecule has 20 heavy (non-hydrogen) atoms. The van der Waals surface area contributed by atoms with Gasteiger partial charge in [0.2, 0.25) is 11.8 Å². The van der Waals surface area contributed by atoms with Gasteiger partial charge in [-0.25, -0.2) is 0 Å². The molecule has 1 atom stereocenters. The molecule has 0 saturated carbocycles. The van der Waals surface area contributed by atoms with Crippen molar-refractivity contribution < 1.29 is 14.3 Å². The average molecular weight is 278 g/mol. The van der Waals surface area contributed by atoms with Crippen LogP contribution in [0.5, 0.6) is 5.75 Å². The normalized spacial score (nSPS) is 12.4. The zero-order chi connectivity index (χ0) is 15.3. The van der Waals surface area contributed by atoms with Gasteiger partial charge in [-0.3, -0.25) is 9.59 Å². The second-order valence-corrected chi connectivity index (χ2v) is 5.66. The predicted octanol–water partition coefficient (Wildman–Crippen LogP) is 2.18. The quantitative estimate of drug-likeness (QED) is 0.887. The van der Waals surface area contributed by atoms with Crippen LogP contribution in [0, 0.1) is 5.41 Å². The minimum atomic E-state index is -0.594. The molecular formula is C15H22N2O3. The molecule has 0 unspecified atom stereocenters. The number of carbonyl (C=O) groups is 2. The molecule has 1 rings (SSSR count). The molecule has 0 aromatic heterocycles. The number of hydrogen-bond acceptors (Lipinski definition) is 3. The Morgan fingerprint density at radius 2 is 1.70 bits per heavy atom. The highest BCUT2D eigenvalue weighted by atomic mass is 16.5. The second-order valence-electron chi connectivity index (χ2n) is 5.66. The molecule has 5 nitrogen and oxygen atoms in total. The maximum absolute atomic E-state index is 12.0. The highest BCUT2D eigenvalue weighted by Crippen LogP contribution is 2.16. The Morgan fingerprint density at radius 3 is 2.15 bits per heavy atom. The van der Waals surface area contributed by atoms with Crippen molar-refractivity contribution in [1.82, 2.24) is 5.32 Å². The van der Waals surface area contributed by atoms with E-state index < -0.39 is 11.5 Å². The van der Waals surface area contributed by atoms with Gasteiger partial charge in [-0.1, -0.05) is 20.8 Å². The van der Waals surface area contributed by atoms with E-state index in [4.69, 9.17) is 4.74 Å². The van der Waals surface area contributed by atoms with E-state index in [-0.39, 0.29) is 11.8 Å². The molecule has 0 spiro atoms. The largest absolute Gasteiger partial charge is 0.497 e. The average Bonchev–Trinajstić information content (AvgIpc) is 2.38. The number of hydrogen-bond donors (Lipinski definition) is 2. The number of carbonyl (C=O) groups excluding carboxylic acids is 2. The summed E-state index contributed by atoms with van der Waals surface area (Å²) in [7, 11) is 1.58. The first kappa shape index (κ1) is 16.0. The first-order valence-corrected chi connectivity index (χ1v) is 6.50. The fraction of sp³-hybridized carbons (Fsp3) is 0.467. The summed E-state index contributed by atoms with van der Waals surface area (Å²) >= 11 is 0. The molecule has 0 aliphatic carbocycles. The summed E-state index contributed by atoms with van der Waals surface area (Å²) in [5.41, 5.74) is 0.141. The standard InChI is InChI=1S/C15H22N2O3/c1-10(16-14(19)15(2,3)4)13(18)17-11-6-8-12(20-5)9-7-11/h6-10H,1-5H3,(H,16,19)(H,17,18)/t10-/m0/s1. The van der Waals surface area contributed by atoms with Crippen LogP contribution in [-0.4, -0.2) is 25.0 Å². The fourth-order valence-electron chi connectivity index (χ4n) is 1.40. The van der Waals surface area contributed by atoms with Crippen LogP contribution in [0.15, 0.2) is 24.3 Å². The van der Waals surface area contributed by atoms with E-state index in [1.807, 2.05) is 0 Å². The van der Waals surface area contributed by atoms with Crippen molar-refractivity contribution in [2.45, 2.75) is 33.7 Å². The molecule has 0 aliphatic rings. The smallest absolute Gasteiger partial charge is 0.246 e. The van der Waals surface area contributed by atoms with Crippen molar-refractivity contribution in [2.24, 2.45) is 5.41 Å². The van der Waals surface area contributed by atoms with Crippen LogP contribution in [0.2, 0.25) is 0 Å². The van der Waals surface area contributed by atoms with Crippen molar-refractivity contribution in [3.05, 3.63) is 24.3 Å². The number of benzene rings is 1. The van der Waals surface area contributed by atoms with E-state index in [1.54, 1.807) is 59.1 Å². The van der Waals surface area contributed by atoms with Gasteiger partial charge in [0, 0.05) is 11.1 Å². The minimum Gasteiger partial charge on any atom is -0.497 e. The SMILES string of the molecule is COc1ccc(NC(=O)[C@H](C)NC(=O)C(C)(C)C)cc1. The molecule has 0 radical (unpaired) electrons. The van der Waals surface area contributed by atoms with E-state index >= 15 is 0 Å². The first-order valence-electron chi connectivity index (χ1n) is 6.50. The Kier molecular flexibility index (Phi) is 5.13. The Hall–Kier alpha value is -2.04. The van der Waals surface area contributed by atoms with E-state index in [0.29, 0.717) is 5.69 Å². The summed E-state index contributed by atoms with van der Waals surface area (Å²) in [5, 5.41) is 5.43. The highest BCUT2D eigenvalue weighted by Gasteiger charge is 2.25. The van der Waals surface area contributed by atoms with E-state index in [2.05, 4.69) is 10.6 Å². The maximum atomic E-state index is 12.0. The van der Waals surface area contributed by atoms with E-state index in [0.717, 1.165) is 5.75 Å². The lowest BCUT2D eigenvalue weighted by Crippen LogP contribution is -2.46. The first-order chi connectivity index (χ1) is 9.24. The minimum absolute atomic E-state index is 0.158. The Bertz CT molecular complexity index is 475. The van der Waals surface area contributed by atoms with Crippen LogP contribution in [-0.2, 0) is 9.59 Å². The maximum Gasteiger partial charge on any atom is 0.246 e. The molecule has 0 heterocycles. The number of rotatable bonds is 4. The van der Waals surface area contributed by atoms with Gasteiger partial charge in [0.25, 0.3) is 0 Å². The third-order valence-corrected chi connectivity index (χ3v) is 2.78. The molecule has 1 aromatic rings. The van der Waals surface area contributed by atoms with Crippen LogP contribution in [0.3, 0.4) is 0 Å². The van der Waals surface area contributed by atoms with Gasteiger partial charge >= 0.3 is 0 Å². The van der Waals surface area contributed by atoms with Crippen molar-refractivity contribution in [3.8, 4) is 5.75 Å². The topological polar surface area (TPSA) is 67.4 Å². The van der Waals surface area contributed by atoms with Gasteiger partial charge in [0.05, 0.1) is 7.11 Å². The predicted molar refractivity (Wildman–Crippen MR) is 78.7 cm³/mol. The van der Waals surface area contributed by atoms with Gasteiger partial charge in [-0.05, 0) is 31.2 Å². The van der Waals surface area contributed by atoms with Crippen LogP contribution >= 0.6 is 0 Å². The number of ether oxygens (including phenoxy) is 1. The zero-order valence-corrected chi connectivity index (χ0v) is 12.6. The Balaban J connectivity index is 2.59. The van der Waals surface area contributed by atoms with Crippen LogP contribution < -0.4 is 15.4 Å². The van der Waals surface area contributed by atoms with Crippen molar-refractivity contribution in [3.63, 3.8) is 0 Å². The van der Waals surface area contributed by atoms with Gasteiger partial charge in [0.1, 0.15) is 11.8 Å². The van der Waals surface area contributed by atoms with Crippen LogP contribution in [0.25, 0.3) is 0 Å². The lowest BCUT2D eigenvalue weighted by Gasteiger charge is -2.21. The number of nitrogens with one attached hydrogen (secondary N) is 2. The highest BCUT2D eigenvalue weighted by molar-refractivity contribution is 5.97. The monoisotopic (exact) mass is 278 g/mol. The van der Waals surface area contributed by atoms with E-state index in [1.165, 1.54) is 0 Å². The lowest BCUT2D eigenvalue weighted by atomic mass is 9.95. The van der Waals surface area contributed by atoms with Gasteiger partial charge in [0.15, 0.2) is 0 Å². The van der Waals surface area contributed by atoms with Gasteiger partial charge in [-0.15, -0.1) is 0 Å². The van der Waals surface area contributed by atoms with Crippen LogP contribution in [0.1, 0.15) is 27.7 Å². The summed E-state index contributed by atoms with van der Waals surface area (Å²) in [6.45, 7) is 7.06. The fourth-order valence-corrected chi connectivity index (χ4v) is 1.40. The molecular weight excluding hydrogens is 256 g/mol.